The molecule has 0 bridgehead atoms. The number of thiophene rings is 1. The number of hydrogen-bond donors (Lipinski definition) is 2. The number of benzene rings is 1. The van der Waals surface area contributed by atoms with Crippen LogP contribution in [0.25, 0.3) is 0 Å². The Balaban J connectivity index is 1.47. The second-order valence-electron chi connectivity index (χ2n) is 6.38. The number of nitrogens with zero attached hydrogens (tertiary/aromatic N) is 1. The number of carbonyl (C=O) groups is 2. The van der Waals surface area contributed by atoms with Crippen LogP contribution in [-0.2, 0) is 11.3 Å². The van der Waals surface area contributed by atoms with Crippen molar-refractivity contribution in [1.82, 2.24) is 10.6 Å². The first-order valence-electron chi connectivity index (χ1n) is 8.71. The molecule has 26 heavy (non-hydrogen) atoms. The van der Waals surface area contributed by atoms with Gasteiger partial charge in [-0.1, -0.05) is 12.1 Å². The smallest absolute Gasteiger partial charge is 0.262 e. The van der Waals surface area contributed by atoms with E-state index < -0.39 is 6.04 Å². The van der Waals surface area contributed by atoms with Gasteiger partial charge in [0.15, 0.2) is 0 Å². The number of anilines is 1. The van der Waals surface area contributed by atoms with E-state index in [1.807, 2.05) is 18.2 Å². The Morgan fingerprint density at radius 1 is 1.15 bits per heavy atom. The number of nitrogens with one attached hydrogen (secondary N) is 2. The Kier molecular flexibility index (Phi) is 6.32. The van der Waals surface area contributed by atoms with Crippen molar-refractivity contribution in [3.63, 3.8) is 0 Å². The molecule has 1 saturated heterocycles. The van der Waals surface area contributed by atoms with Crippen LogP contribution in [0.2, 0.25) is 0 Å². The van der Waals surface area contributed by atoms with Crippen LogP contribution in [-0.4, -0.2) is 30.9 Å². The van der Waals surface area contributed by atoms with Gasteiger partial charge in [0.1, 0.15) is 6.04 Å². The lowest BCUT2D eigenvalue weighted by atomic mass is 10.2. The molecule has 0 radical (unpaired) electrons. The molecule has 5 nitrogen and oxygen atoms in total. The zero-order valence-corrected chi connectivity index (χ0v) is 17.0. The summed E-state index contributed by atoms with van der Waals surface area (Å²) in [5.74, 6) is -0.434. The first-order chi connectivity index (χ1) is 12.5. The van der Waals surface area contributed by atoms with Crippen LogP contribution in [0.4, 0.5) is 5.69 Å². The highest BCUT2D eigenvalue weighted by Crippen LogP contribution is 2.22. The second kappa shape index (κ2) is 8.68. The van der Waals surface area contributed by atoms with E-state index >= 15 is 0 Å². The second-order valence-corrected chi connectivity index (χ2v) is 8.84. The summed E-state index contributed by atoms with van der Waals surface area (Å²) in [4.78, 5) is 27.3. The van der Waals surface area contributed by atoms with Gasteiger partial charge in [0.05, 0.1) is 8.66 Å². The third kappa shape index (κ3) is 4.86. The predicted molar refractivity (Wildman–Crippen MR) is 109 cm³/mol. The molecule has 2 aromatic rings. The highest BCUT2D eigenvalue weighted by atomic mass is 79.9. The van der Waals surface area contributed by atoms with Crippen LogP contribution in [0.1, 0.15) is 35.0 Å². The van der Waals surface area contributed by atoms with Crippen molar-refractivity contribution < 1.29 is 9.59 Å². The molecule has 0 saturated carbocycles. The van der Waals surface area contributed by atoms with Gasteiger partial charge < -0.3 is 15.5 Å². The van der Waals surface area contributed by atoms with Crippen molar-refractivity contribution in [3.05, 3.63) is 50.6 Å². The van der Waals surface area contributed by atoms with Crippen LogP contribution in [0, 0.1) is 0 Å². The lowest BCUT2D eigenvalue weighted by Gasteiger charge is -2.18. The largest absolute Gasteiger partial charge is 0.372 e. The van der Waals surface area contributed by atoms with E-state index in [0.29, 0.717) is 11.4 Å². The third-order valence-corrected chi connectivity index (χ3v) is 6.03. The molecule has 1 aliphatic rings. The lowest BCUT2D eigenvalue weighted by Crippen LogP contribution is -2.44. The SMILES string of the molecule is C[C@H](NC(=O)c1ccc(Br)s1)C(=O)NCc1ccc(N2CCCC2)cc1. The van der Waals surface area contributed by atoms with Gasteiger partial charge in [-0.3, -0.25) is 9.59 Å². The van der Waals surface area contributed by atoms with Gasteiger partial charge in [-0.15, -0.1) is 11.3 Å². The first kappa shape index (κ1) is 18.9. The standard InChI is InChI=1S/C19H22BrN3O2S/c1-13(22-19(25)16-8-9-17(20)26-16)18(24)21-12-14-4-6-15(7-5-14)23-10-2-3-11-23/h4-9,13H,2-3,10-12H2,1H3,(H,21,24)(H,22,25)/t13-/m0/s1. The Bertz CT molecular complexity index is 769. The minimum atomic E-state index is -0.591. The molecule has 1 aliphatic heterocycles. The van der Waals surface area contributed by atoms with Gasteiger partial charge in [0, 0.05) is 25.3 Å². The summed E-state index contributed by atoms with van der Waals surface area (Å²) in [6, 6.07) is 11.2. The Hall–Kier alpha value is -1.86. The average Bonchev–Trinajstić information content (AvgIpc) is 3.31. The fourth-order valence-corrected chi connectivity index (χ4v) is 4.20. The van der Waals surface area contributed by atoms with Gasteiger partial charge >= 0.3 is 0 Å². The molecule has 1 fully saturated rings. The maximum atomic E-state index is 12.2. The normalized spacial score (nSPS) is 14.9. The molecule has 1 aromatic carbocycles. The summed E-state index contributed by atoms with van der Waals surface area (Å²) in [5.41, 5.74) is 2.28. The monoisotopic (exact) mass is 435 g/mol. The van der Waals surface area contributed by atoms with Crippen LogP contribution >= 0.6 is 27.3 Å². The maximum absolute atomic E-state index is 12.2. The molecule has 138 valence electrons. The highest BCUT2D eigenvalue weighted by Gasteiger charge is 2.17. The van der Waals surface area contributed by atoms with Crippen molar-refractivity contribution in [1.29, 1.82) is 0 Å². The molecule has 7 heteroatoms. The predicted octanol–water partition coefficient (Wildman–Crippen LogP) is 3.55. The Morgan fingerprint density at radius 2 is 1.85 bits per heavy atom. The molecule has 2 N–H and O–H groups in total. The van der Waals surface area contributed by atoms with E-state index in [4.69, 9.17) is 0 Å². The summed E-state index contributed by atoms with van der Waals surface area (Å²) in [5, 5.41) is 5.60. The molecular formula is C19H22BrN3O2S. The van der Waals surface area contributed by atoms with Crippen molar-refractivity contribution in [2.75, 3.05) is 18.0 Å². The summed E-state index contributed by atoms with van der Waals surface area (Å²) >= 11 is 4.67. The van der Waals surface area contributed by atoms with E-state index in [1.54, 1.807) is 13.0 Å². The molecule has 2 amide bonds. The zero-order valence-electron chi connectivity index (χ0n) is 14.6. The summed E-state index contributed by atoms with van der Waals surface area (Å²) in [7, 11) is 0. The van der Waals surface area contributed by atoms with Crippen molar-refractivity contribution in [2.24, 2.45) is 0 Å². The number of halogens is 1. The van der Waals surface area contributed by atoms with Crippen LogP contribution in [0.5, 0.6) is 0 Å². The minimum absolute atomic E-state index is 0.197. The number of hydrogen-bond acceptors (Lipinski definition) is 4. The Labute approximate surface area is 165 Å². The quantitative estimate of drug-likeness (QED) is 0.728. The van der Waals surface area contributed by atoms with Gasteiger partial charge in [-0.2, -0.15) is 0 Å². The number of amides is 2. The maximum Gasteiger partial charge on any atom is 0.262 e. The molecule has 0 spiro atoms. The van der Waals surface area contributed by atoms with Crippen molar-refractivity contribution in [2.45, 2.75) is 32.4 Å². The third-order valence-electron chi connectivity index (χ3n) is 4.41. The van der Waals surface area contributed by atoms with Crippen LogP contribution in [0.3, 0.4) is 0 Å². The molecule has 3 rings (SSSR count). The number of carbonyl (C=O) groups excluding carboxylic acids is 2. The van der Waals surface area contributed by atoms with Crippen LogP contribution in [0.15, 0.2) is 40.2 Å². The number of rotatable bonds is 6. The van der Waals surface area contributed by atoms with E-state index in [2.05, 4.69) is 43.6 Å². The molecule has 0 aliphatic carbocycles. The van der Waals surface area contributed by atoms with Crippen LogP contribution < -0.4 is 15.5 Å². The van der Waals surface area contributed by atoms with Gasteiger partial charge in [0.2, 0.25) is 5.91 Å². The van der Waals surface area contributed by atoms with Gasteiger partial charge in [-0.05, 0) is 65.5 Å². The summed E-state index contributed by atoms with van der Waals surface area (Å²) < 4.78 is 0.886. The summed E-state index contributed by atoms with van der Waals surface area (Å²) in [6.45, 7) is 4.37. The minimum Gasteiger partial charge on any atom is -0.372 e. The van der Waals surface area contributed by atoms with E-state index in [9.17, 15) is 9.59 Å². The molecule has 1 atom stereocenters. The highest BCUT2D eigenvalue weighted by molar-refractivity contribution is 9.11. The molecule has 2 heterocycles. The molecular weight excluding hydrogens is 414 g/mol. The van der Waals surface area contributed by atoms with E-state index in [0.717, 1.165) is 22.4 Å². The topological polar surface area (TPSA) is 61.4 Å². The van der Waals surface area contributed by atoms with E-state index in [1.165, 1.54) is 29.9 Å². The van der Waals surface area contributed by atoms with Gasteiger partial charge in [-0.25, -0.2) is 0 Å². The molecule has 1 aromatic heterocycles. The fourth-order valence-electron chi connectivity index (χ4n) is 2.91. The van der Waals surface area contributed by atoms with Crippen molar-refractivity contribution in [3.8, 4) is 0 Å². The van der Waals surface area contributed by atoms with E-state index in [-0.39, 0.29) is 11.8 Å². The average molecular weight is 436 g/mol. The zero-order chi connectivity index (χ0) is 18.5. The van der Waals surface area contributed by atoms with Gasteiger partial charge in [0.25, 0.3) is 5.91 Å². The lowest BCUT2D eigenvalue weighted by molar-refractivity contribution is -0.122. The Morgan fingerprint density at radius 3 is 2.46 bits per heavy atom. The molecule has 0 unspecified atom stereocenters. The first-order valence-corrected chi connectivity index (χ1v) is 10.3. The summed E-state index contributed by atoms with van der Waals surface area (Å²) in [6.07, 6.45) is 2.51. The fraction of sp³-hybridized carbons (Fsp3) is 0.368. The van der Waals surface area contributed by atoms with Crippen molar-refractivity contribution >= 4 is 44.8 Å².